The molecule has 4 heteroatoms. The predicted octanol–water partition coefficient (Wildman–Crippen LogP) is 1.45. The molecule has 0 aliphatic carbocycles. The highest BCUT2D eigenvalue weighted by Crippen LogP contribution is 2.04. The van der Waals surface area contributed by atoms with Gasteiger partial charge in [-0.3, -0.25) is 0 Å². The molecule has 0 unspecified atom stereocenters. The lowest BCUT2D eigenvalue weighted by Gasteiger charge is -1.98. The largest absolute Gasteiger partial charge is 0.373 e. The van der Waals surface area contributed by atoms with Crippen molar-refractivity contribution in [3.63, 3.8) is 0 Å². The van der Waals surface area contributed by atoms with Crippen LogP contribution >= 0.6 is 0 Å². The van der Waals surface area contributed by atoms with Crippen LogP contribution in [0.2, 0.25) is 0 Å². The second-order valence-electron chi connectivity index (χ2n) is 2.89. The summed E-state index contributed by atoms with van der Waals surface area (Å²) in [6, 6.07) is 1.83. The normalized spacial score (nSPS) is 10.6. The van der Waals surface area contributed by atoms with Gasteiger partial charge in [0.15, 0.2) is 5.76 Å². The molecule has 0 atom stereocenters. The van der Waals surface area contributed by atoms with E-state index in [1.54, 1.807) is 0 Å². The van der Waals surface area contributed by atoms with Crippen LogP contribution in [0.1, 0.15) is 31.2 Å². The highest BCUT2D eigenvalue weighted by molar-refractivity contribution is 5.03. The zero-order valence-electron chi connectivity index (χ0n) is 7.95. The Bertz CT molecular complexity index is 235. The van der Waals surface area contributed by atoms with Crippen molar-refractivity contribution in [2.45, 2.75) is 32.9 Å². The molecule has 0 fully saturated rings. The summed E-state index contributed by atoms with van der Waals surface area (Å²) in [6.07, 6.45) is 2.22. The fourth-order valence-electron chi connectivity index (χ4n) is 0.939. The van der Waals surface area contributed by atoms with E-state index in [9.17, 15) is 0 Å². The van der Waals surface area contributed by atoms with Gasteiger partial charge in [-0.15, -0.1) is 0 Å². The molecule has 13 heavy (non-hydrogen) atoms. The van der Waals surface area contributed by atoms with E-state index in [1.165, 1.54) is 0 Å². The SMILES string of the molecule is CCCCOCc1cc(CN)no1. The third-order valence-electron chi connectivity index (χ3n) is 1.70. The maximum Gasteiger partial charge on any atom is 0.162 e. The Labute approximate surface area is 78.0 Å². The molecule has 1 heterocycles. The molecule has 1 aromatic heterocycles. The highest BCUT2D eigenvalue weighted by atomic mass is 16.5. The zero-order chi connectivity index (χ0) is 9.52. The Kier molecular flexibility index (Phi) is 4.49. The van der Waals surface area contributed by atoms with E-state index in [0.29, 0.717) is 13.2 Å². The van der Waals surface area contributed by atoms with Crippen LogP contribution in [0, 0.1) is 0 Å². The maximum absolute atomic E-state index is 5.38. The van der Waals surface area contributed by atoms with Crippen molar-refractivity contribution in [1.82, 2.24) is 5.16 Å². The van der Waals surface area contributed by atoms with Gasteiger partial charge in [-0.2, -0.15) is 0 Å². The number of hydrogen-bond donors (Lipinski definition) is 1. The Morgan fingerprint density at radius 2 is 2.46 bits per heavy atom. The summed E-state index contributed by atoms with van der Waals surface area (Å²) >= 11 is 0. The summed E-state index contributed by atoms with van der Waals surface area (Å²) in [5.41, 5.74) is 6.15. The van der Waals surface area contributed by atoms with Gasteiger partial charge < -0.3 is 15.0 Å². The van der Waals surface area contributed by atoms with Crippen LogP contribution in [0.3, 0.4) is 0 Å². The molecule has 0 aliphatic heterocycles. The quantitative estimate of drug-likeness (QED) is 0.680. The van der Waals surface area contributed by atoms with Crippen LogP contribution in [0.4, 0.5) is 0 Å². The molecule has 0 saturated heterocycles. The molecule has 74 valence electrons. The van der Waals surface area contributed by atoms with Gasteiger partial charge in [0.2, 0.25) is 0 Å². The Morgan fingerprint density at radius 3 is 3.08 bits per heavy atom. The molecular formula is C9H16N2O2. The van der Waals surface area contributed by atoms with Gasteiger partial charge in [-0.05, 0) is 6.42 Å². The number of hydrogen-bond acceptors (Lipinski definition) is 4. The molecule has 0 spiro atoms. The smallest absolute Gasteiger partial charge is 0.162 e. The van der Waals surface area contributed by atoms with Crippen molar-refractivity contribution in [3.8, 4) is 0 Å². The molecule has 0 radical (unpaired) electrons. The van der Waals surface area contributed by atoms with Gasteiger partial charge in [-0.25, -0.2) is 0 Å². The monoisotopic (exact) mass is 184 g/mol. The summed E-state index contributed by atoms with van der Waals surface area (Å²) in [7, 11) is 0. The molecule has 2 N–H and O–H groups in total. The standard InChI is InChI=1S/C9H16N2O2/c1-2-3-4-12-7-9-5-8(6-10)11-13-9/h5H,2-4,6-7,10H2,1H3. The molecule has 0 saturated carbocycles. The zero-order valence-corrected chi connectivity index (χ0v) is 7.95. The van der Waals surface area contributed by atoms with Crippen LogP contribution < -0.4 is 5.73 Å². The van der Waals surface area contributed by atoms with Crippen molar-refractivity contribution < 1.29 is 9.26 Å². The summed E-state index contributed by atoms with van der Waals surface area (Å²) in [6.45, 7) is 3.81. The number of unbranched alkanes of at least 4 members (excludes halogenated alkanes) is 1. The van der Waals surface area contributed by atoms with Crippen molar-refractivity contribution in [2.24, 2.45) is 5.73 Å². The molecule has 1 rings (SSSR count). The lowest BCUT2D eigenvalue weighted by molar-refractivity contribution is 0.0986. The fourth-order valence-corrected chi connectivity index (χ4v) is 0.939. The van der Waals surface area contributed by atoms with Gasteiger partial charge >= 0.3 is 0 Å². The highest BCUT2D eigenvalue weighted by Gasteiger charge is 2.01. The van der Waals surface area contributed by atoms with E-state index in [4.69, 9.17) is 15.0 Å². The first kappa shape index (κ1) is 10.2. The lowest BCUT2D eigenvalue weighted by atomic mass is 10.3. The van der Waals surface area contributed by atoms with E-state index < -0.39 is 0 Å². The first-order valence-corrected chi connectivity index (χ1v) is 4.59. The Balaban J connectivity index is 2.20. The van der Waals surface area contributed by atoms with Gasteiger partial charge in [-0.1, -0.05) is 18.5 Å². The van der Waals surface area contributed by atoms with E-state index in [2.05, 4.69) is 12.1 Å². The third kappa shape index (κ3) is 3.57. The van der Waals surface area contributed by atoms with Crippen LogP contribution in [0.5, 0.6) is 0 Å². The molecule has 0 amide bonds. The minimum absolute atomic E-state index is 0.415. The first-order chi connectivity index (χ1) is 6.36. The number of nitrogens with two attached hydrogens (primary N) is 1. The second-order valence-corrected chi connectivity index (χ2v) is 2.89. The average molecular weight is 184 g/mol. The van der Waals surface area contributed by atoms with Gasteiger partial charge in [0.25, 0.3) is 0 Å². The molecule has 1 aromatic rings. The molecule has 0 aliphatic rings. The van der Waals surface area contributed by atoms with Gasteiger partial charge in [0.05, 0.1) is 5.69 Å². The summed E-state index contributed by atoms with van der Waals surface area (Å²) in [5.74, 6) is 0.747. The minimum atomic E-state index is 0.415. The van der Waals surface area contributed by atoms with Crippen molar-refractivity contribution in [2.75, 3.05) is 6.61 Å². The topological polar surface area (TPSA) is 61.3 Å². The molecule has 0 bridgehead atoms. The molecule has 0 aromatic carbocycles. The third-order valence-corrected chi connectivity index (χ3v) is 1.70. The van der Waals surface area contributed by atoms with Crippen LogP contribution in [0.15, 0.2) is 10.6 Å². The van der Waals surface area contributed by atoms with E-state index >= 15 is 0 Å². The maximum atomic E-state index is 5.38. The summed E-state index contributed by atoms with van der Waals surface area (Å²) < 4.78 is 10.3. The van der Waals surface area contributed by atoms with Crippen LogP contribution in [-0.2, 0) is 17.9 Å². The van der Waals surface area contributed by atoms with E-state index in [-0.39, 0.29) is 0 Å². The first-order valence-electron chi connectivity index (χ1n) is 4.59. The molecular weight excluding hydrogens is 168 g/mol. The second kappa shape index (κ2) is 5.72. The summed E-state index contributed by atoms with van der Waals surface area (Å²) in [5, 5.41) is 3.75. The van der Waals surface area contributed by atoms with E-state index in [1.807, 2.05) is 6.07 Å². The minimum Gasteiger partial charge on any atom is -0.373 e. The number of ether oxygens (including phenoxy) is 1. The van der Waals surface area contributed by atoms with Crippen molar-refractivity contribution in [1.29, 1.82) is 0 Å². The van der Waals surface area contributed by atoms with Gasteiger partial charge in [0, 0.05) is 19.2 Å². The van der Waals surface area contributed by atoms with Gasteiger partial charge in [0.1, 0.15) is 6.61 Å². The predicted molar refractivity (Wildman–Crippen MR) is 49.0 cm³/mol. The Hall–Kier alpha value is -0.870. The lowest BCUT2D eigenvalue weighted by Crippen LogP contribution is -1.95. The van der Waals surface area contributed by atoms with E-state index in [0.717, 1.165) is 30.9 Å². The summed E-state index contributed by atoms with van der Waals surface area (Å²) in [4.78, 5) is 0. The Morgan fingerprint density at radius 1 is 1.62 bits per heavy atom. The van der Waals surface area contributed by atoms with Crippen molar-refractivity contribution >= 4 is 0 Å². The van der Waals surface area contributed by atoms with Crippen molar-refractivity contribution in [3.05, 3.63) is 17.5 Å². The average Bonchev–Trinajstić information content (AvgIpc) is 2.60. The number of rotatable bonds is 6. The number of nitrogens with zero attached hydrogens (tertiary/aromatic N) is 1. The number of aromatic nitrogens is 1. The fraction of sp³-hybridized carbons (Fsp3) is 0.667. The van der Waals surface area contributed by atoms with Crippen LogP contribution in [0.25, 0.3) is 0 Å². The van der Waals surface area contributed by atoms with Crippen LogP contribution in [-0.4, -0.2) is 11.8 Å². The molecule has 4 nitrogen and oxygen atoms in total.